The van der Waals surface area contributed by atoms with Crippen LogP contribution in [0.2, 0.25) is 0 Å². The van der Waals surface area contributed by atoms with Crippen molar-refractivity contribution in [3.8, 4) is 11.5 Å². The summed E-state index contributed by atoms with van der Waals surface area (Å²) in [7, 11) is -1.02. The molecule has 0 radical (unpaired) electrons. The van der Waals surface area contributed by atoms with Gasteiger partial charge < -0.3 is 19.5 Å². The van der Waals surface area contributed by atoms with Crippen molar-refractivity contribution in [2.75, 3.05) is 40.7 Å². The Balaban J connectivity index is 1.54. The number of rotatable bonds is 11. The van der Waals surface area contributed by atoms with Gasteiger partial charge in [0, 0.05) is 44.8 Å². The summed E-state index contributed by atoms with van der Waals surface area (Å²) < 4.78 is 40.3. The van der Waals surface area contributed by atoms with Gasteiger partial charge in [0.2, 0.25) is 6.79 Å². The number of ether oxygens (including phenoxy) is 2. The molecule has 0 amide bonds. The van der Waals surface area contributed by atoms with Crippen LogP contribution in [0, 0.1) is 0 Å². The number of fused-ring (bicyclic) bond motifs is 1. The van der Waals surface area contributed by atoms with E-state index < -0.39 is 7.75 Å². The van der Waals surface area contributed by atoms with Gasteiger partial charge in [-0.1, -0.05) is 51.8 Å². The summed E-state index contributed by atoms with van der Waals surface area (Å²) in [6.45, 7) is 4.01. The van der Waals surface area contributed by atoms with Gasteiger partial charge in [-0.15, -0.1) is 0 Å². The van der Waals surface area contributed by atoms with Crippen molar-refractivity contribution >= 4 is 29.5 Å². The molecule has 1 unspecified atom stereocenters. The molecule has 5 rings (SSSR count). The molecule has 0 spiro atoms. The van der Waals surface area contributed by atoms with E-state index in [1.807, 2.05) is 12.1 Å². The minimum atomic E-state index is -3.70. The molecule has 2 aromatic rings. The first-order chi connectivity index (χ1) is 19.4. The van der Waals surface area contributed by atoms with Crippen LogP contribution in [0.1, 0.15) is 54.8 Å². The number of nitrogens with zero attached hydrogens (tertiary/aromatic N) is 3. The number of halogens is 1. The molecule has 216 valence electrons. The second-order valence-corrected chi connectivity index (χ2v) is 13.0. The van der Waals surface area contributed by atoms with Gasteiger partial charge >= 0.3 is 7.75 Å². The Kier molecular flexibility index (Phi) is 9.66. The average molecular weight is 635 g/mol. The SMILES string of the molecule is COP(=O)(/N=C1/CC(CCCO)=CC(c2ccc(CN3CCCC3)cc2)N1Cc1cc2c(cc1Br)OCO2)OC. The largest absolute Gasteiger partial charge is 0.454 e. The predicted molar refractivity (Wildman–Crippen MR) is 158 cm³/mol. The lowest BCUT2D eigenvalue weighted by atomic mass is 9.92. The highest BCUT2D eigenvalue weighted by molar-refractivity contribution is 9.10. The van der Waals surface area contributed by atoms with E-state index in [9.17, 15) is 9.67 Å². The molecular formula is C29H37BrN3O6P. The van der Waals surface area contributed by atoms with Gasteiger partial charge in [-0.2, -0.15) is 4.76 Å². The highest BCUT2D eigenvalue weighted by Crippen LogP contribution is 2.50. The third kappa shape index (κ3) is 6.81. The van der Waals surface area contributed by atoms with E-state index in [0.29, 0.717) is 43.1 Å². The number of amidine groups is 1. The normalized spacial score (nSPS) is 20.4. The molecule has 1 atom stereocenters. The molecule has 0 aliphatic carbocycles. The summed E-state index contributed by atoms with van der Waals surface area (Å²) in [6, 6.07) is 12.5. The Labute approximate surface area is 244 Å². The Morgan fingerprint density at radius 3 is 2.45 bits per heavy atom. The molecule has 1 fully saturated rings. The fourth-order valence-corrected chi connectivity index (χ4v) is 6.68. The monoisotopic (exact) mass is 633 g/mol. The zero-order chi connectivity index (χ0) is 28.1. The summed E-state index contributed by atoms with van der Waals surface area (Å²) >= 11 is 3.70. The smallest absolute Gasteiger partial charge is 0.454 e. The number of aliphatic hydroxyl groups excluding tert-OH is 1. The molecular weight excluding hydrogens is 597 g/mol. The van der Waals surface area contributed by atoms with E-state index in [2.05, 4.69) is 60.8 Å². The summed E-state index contributed by atoms with van der Waals surface area (Å²) in [5.74, 6) is 2.00. The maximum absolute atomic E-state index is 13.2. The van der Waals surface area contributed by atoms with E-state index in [1.54, 1.807) is 0 Å². The van der Waals surface area contributed by atoms with Crippen molar-refractivity contribution in [2.24, 2.45) is 4.76 Å². The van der Waals surface area contributed by atoms with Gasteiger partial charge in [-0.25, -0.2) is 4.57 Å². The Hall–Kier alpha value is -2.20. The highest BCUT2D eigenvalue weighted by Gasteiger charge is 2.32. The number of hydrogen-bond acceptors (Lipinski definition) is 7. The van der Waals surface area contributed by atoms with Gasteiger partial charge in [-0.3, -0.25) is 13.9 Å². The fraction of sp³-hybridized carbons (Fsp3) is 0.483. The van der Waals surface area contributed by atoms with Gasteiger partial charge in [0.05, 0.1) is 6.04 Å². The Morgan fingerprint density at radius 1 is 1.07 bits per heavy atom. The molecule has 3 heterocycles. The predicted octanol–water partition coefficient (Wildman–Crippen LogP) is 6.22. The van der Waals surface area contributed by atoms with Crippen molar-refractivity contribution in [2.45, 2.75) is 51.2 Å². The van der Waals surface area contributed by atoms with Gasteiger partial charge in [0.1, 0.15) is 5.84 Å². The first-order valence-electron chi connectivity index (χ1n) is 13.7. The second-order valence-electron chi connectivity index (χ2n) is 10.3. The van der Waals surface area contributed by atoms with Crippen LogP contribution in [0.15, 0.2) is 57.3 Å². The van der Waals surface area contributed by atoms with Gasteiger partial charge in [0.15, 0.2) is 11.5 Å². The van der Waals surface area contributed by atoms with Crippen LogP contribution in [-0.4, -0.2) is 61.5 Å². The number of hydrogen-bond donors (Lipinski definition) is 1. The van der Waals surface area contributed by atoms with Crippen molar-refractivity contribution in [1.82, 2.24) is 9.80 Å². The van der Waals surface area contributed by atoms with Crippen LogP contribution in [0.25, 0.3) is 0 Å². The maximum atomic E-state index is 13.2. The second kappa shape index (κ2) is 13.2. The summed E-state index contributed by atoms with van der Waals surface area (Å²) in [4.78, 5) is 4.63. The van der Waals surface area contributed by atoms with Crippen LogP contribution >= 0.6 is 23.7 Å². The molecule has 1 saturated heterocycles. The summed E-state index contributed by atoms with van der Waals surface area (Å²) in [5.41, 5.74) is 4.48. The molecule has 3 aliphatic heterocycles. The molecule has 11 heteroatoms. The van der Waals surface area contributed by atoms with Crippen LogP contribution in [-0.2, 0) is 26.7 Å². The minimum absolute atomic E-state index is 0.0994. The highest BCUT2D eigenvalue weighted by atomic mass is 79.9. The van der Waals surface area contributed by atoms with E-state index in [1.165, 1.54) is 32.6 Å². The van der Waals surface area contributed by atoms with Crippen LogP contribution in [0.3, 0.4) is 0 Å². The molecule has 0 saturated carbocycles. The number of aliphatic hydroxyl groups is 1. The first kappa shape index (κ1) is 29.3. The molecule has 2 aromatic carbocycles. The zero-order valence-corrected chi connectivity index (χ0v) is 25.5. The van der Waals surface area contributed by atoms with Crippen molar-refractivity contribution < 1.29 is 28.2 Å². The fourth-order valence-electron chi connectivity index (χ4n) is 5.45. The number of benzene rings is 2. The van der Waals surface area contributed by atoms with Gasteiger partial charge in [-0.05, 0) is 67.6 Å². The standard InChI is InChI=1S/C29H37BrN3O6P/c1-36-40(35,37-2)31-29-15-22(6-5-13-34)14-26(23-9-7-21(8-10-23)18-32-11-3-4-12-32)33(29)19-24-16-27-28(17-25(24)30)39-20-38-27/h7-10,14,16-17,26,34H,3-6,11-13,15,18-20H2,1-2H3/b31-29-. The van der Waals surface area contributed by atoms with E-state index in [0.717, 1.165) is 40.8 Å². The number of likely N-dealkylation sites (tertiary alicyclic amines) is 1. The van der Waals surface area contributed by atoms with E-state index in [4.69, 9.17) is 18.5 Å². The molecule has 40 heavy (non-hydrogen) atoms. The lowest BCUT2D eigenvalue weighted by Crippen LogP contribution is -2.37. The van der Waals surface area contributed by atoms with Crippen molar-refractivity contribution in [3.05, 3.63) is 69.2 Å². The average Bonchev–Trinajstić information content (AvgIpc) is 3.65. The van der Waals surface area contributed by atoms with E-state index in [-0.39, 0.29) is 19.4 Å². The molecule has 9 nitrogen and oxygen atoms in total. The third-order valence-corrected chi connectivity index (χ3v) is 9.75. The Bertz CT molecular complexity index is 1290. The maximum Gasteiger partial charge on any atom is 0.454 e. The minimum Gasteiger partial charge on any atom is -0.454 e. The quantitative estimate of drug-likeness (QED) is 0.230. The third-order valence-electron chi connectivity index (χ3n) is 7.61. The lowest BCUT2D eigenvalue weighted by molar-refractivity contribution is 0.174. The molecule has 1 N–H and O–H groups in total. The molecule has 3 aliphatic rings. The summed E-state index contributed by atoms with van der Waals surface area (Å²) in [5, 5.41) is 9.53. The Morgan fingerprint density at radius 2 is 1.77 bits per heavy atom. The van der Waals surface area contributed by atoms with Gasteiger partial charge in [0.25, 0.3) is 0 Å². The molecule has 0 aromatic heterocycles. The van der Waals surface area contributed by atoms with Crippen LogP contribution in [0.5, 0.6) is 11.5 Å². The van der Waals surface area contributed by atoms with E-state index >= 15 is 0 Å². The van der Waals surface area contributed by atoms with Crippen LogP contribution < -0.4 is 9.47 Å². The van der Waals surface area contributed by atoms with Crippen molar-refractivity contribution in [1.29, 1.82) is 0 Å². The first-order valence-corrected chi connectivity index (χ1v) is 16.0. The van der Waals surface area contributed by atoms with Crippen molar-refractivity contribution in [3.63, 3.8) is 0 Å². The molecule has 0 bridgehead atoms. The summed E-state index contributed by atoms with van der Waals surface area (Å²) in [6.07, 6.45) is 6.60. The topological polar surface area (TPSA) is 93.1 Å². The lowest BCUT2D eigenvalue weighted by Gasteiger charge is -2.38. The van der Waals surface area contributed by atoms with Crippen LogP contribution in [0.4, 0.5) is 0 Å². The zero-order valence-electron chi connectivity index (χ0n) is 23.1.